The lowest BCUT2D eigenvalue weighted by Crippen LogP contribution is -2.44. The predicted octanol–water partition coefficient (Wildman–Crippen LogP) is 1.17. The number of benzene rings is 1. The fraction of sp³-hybridized carbons (Fsp3) is 0.375. The van der Waals surface area contributed by atoms with Gasteiger partial charge in [-0.05, 0) is 18.6 Å². The summed E-state index contributed by atoms with van der Waals surface area (Å²) in [6.45, 7) is 0.947. The minimum atomic E-state index is -1.38. The predicted molar refractivity (Wildman–Crippen MR) is 86.3 cm³/mol. The van der Waals surface area contributed by atoms with Crippen molar-refractivity contribution in [3.63, 3.8) is 0 Å². The number of halogens is 1. The zero-order valence-electron chi connectivity index (χ0n) is 13.2. The van der Waals surface area contributed by atoms with Gasteiger partial charge in [-0.3, -0.25) is 9.59 Å². The number of carbonyl (C=O) groups excluding carboxylic acids is 2. The molecule has 1 aliphatic carbocycles. The molecule has 3 N–H and O–H groups in total. The van der Waals surface area contributed by atoms with Gasteiger partial charge >= 0.3 is 5.97 Å². The summed E-state index contributed by atoms with van der Waals surface area (Å²) in [5.74, 6) is -2.92. The Labute approximate surface area is 146 Å². The second-order valence-electron chi connectivity index (χ2n) is 5.93. The zero-order chi connectivity index (χ0) is 18.3. The molecule has 1 aromatic heterocycles. The van der Waals surface area contributed by atoms with E-state index in [9.17, 15) is 14.4 Å². The third-order valence-electron chi connectivity index (χ3n) is 4.10. The van der Waals surface area contributed by atoms with Crippen molar-refractivity contribution in [3.05, 3.63) is 28.6 Å². The van der Waals surface area contributed by atoms with Crippen LogP contribution in [0.3, 0.4) is 0 Å². The van der Waals surface area contributed by atoms with Gasteiger partial charge in [-0.15, -0.1) is 0 Å². The van der Waals surface area contributed by atoms with Gasteiger partial charge in [0.25, 0.3) is 0 Å². The molecule has 9 heteroatoms. The summed E-state index contributed by atoms with van der Waals surface area (Å²) >= 11 is 6.12. The lowest BCUT2D eigenvalue weighted by Gasteiger charge is -2.11. The molecule has 3 rings (SSSR count). The van der Waals surface area contributed by atoms with Gasteiger partial charge in [0.1, 0.15) is 11.6 Å². The molecule has 1 aromatic carbocycles. The molecule has 0 saturated heterocycles. The number of ketones is 1. The Kier molecular flexibility index (Phi) is 4.49. The molecule has 2 aromatic rings. The molecule has 1 fully saturated rings. The Hall–Kier alpha value is -2.45. The second kappa shape index (κ2) is 6.45. The Bertz CT molecular complexity index is 877. The monoisotopic (exact) mass is 366 g/mol. The topological polar surface area (TPSA) is 130 Å². The van der Waals surface area contributed by atoms with Crippen LogP contribution in [0.15, 0.2) is 16.5 Å². The van der Waals surface area contributed by atoms with E-state index in [1.54, 1.807) is 6.92 Å². The molecule has 3 atom stereocenters. The van der Waals surface area contributed by atoms with Gasteiger partial charge in [-0.25, -0.2) is 9.78 Å². The van der Waals surface area contributed by atoms with Gasteiger partial charge < -0.3 is 19.9 Å². The molecular weight excluding hydrogens is 352 g/mol. The number of aliphatic hydroxyl groups is 1. The molecule has 0 aliphatic heterocycles. The maximum atomic E-state index is 12.5. The summed E-state index contributed by atoms with van der Waals surface area (Å²) < 4.78 is 5.39. The van der Waals surface area contributed by atoms with Crippen LogP contribution in [0.5, 0.6) is 0 Å². The molecule has 0 radical (unpaired) electrons. The van der Waals surface area contributed by atoms with Crippen molar-refractivity contribution in [1.29, 1.82) is 0 Å². The van der Waals surface area contributed by atoms with Crippen molar-refractivity contribution < 1.29 is 29.0 Å². The Morgan fingerprint density at radius 3 is 2.76 bits per heavy atom. The molecule has 1 amide bonds. The summed E-state index contributed by atoms with van der Waals surface area (Å²) in [4.78, 5) is 39.5. The number of rotatable bonds is 6. The van der Waals surface area contributed by atoms with E-state index in [1.807, 2.05) is 0 Å². The number of aryl methyl sites for hydroxylation is 1. The minimum absolute atomic E-state index is 0.270. The van der Waals surface area contributed by atoms with Crippen LogP contribution in [0, 0.1) is 18.8 Å². The van der Waals surface area contributed by atoms with Crippen LogP contribution in [-0.2, 0) is 9.59 Å². The summed E-state index contributed by atoms with van der Waals surface area (Å²) in [6, 6.07) is 1.63. The van der Waals surface area contributed by atoms with E-state index in [-0.39, 0.29) is 10.8 Å². The molecule has 8 nitrogen and oxygen atoms in total. The number of carbonyl (C=O) groups is 3. The number of aliphatic hydroxyl groups excluding tert-OH is 1. The van der Waals surface area contributed by atoms with Crippen molar-refractivity contribution in [2.24, 2.45) is 11.8 Å². The number of oxazole rings is 1. The maximum Gasteiger partial charge on any atom is 0.328 e. The number of fused-ring (bicyclic) bond motifs is 1. The molecule has 0 bridgehead atoms. The highest BCUT2D eigenvalue weighted by Crippen LogP contribution is 2.42. The summed E-state index contributed by atoms with van der Waals surface area (Å²) in [5.41, 5.74) is 1.17. The fourth-order valence-corrected chi connectivity index (χ4v) is 2.95. The molecule has 1 heterocycles. The number of amides is 1. The van der Waals surface area contributed by atoms with Gasteiger partial charge in [0.05, 0.1) is 11.6 Å². The van der Waals surface area contributed by atoms with Gasteiger partial charge in [-0.2, -0.15) is 0 Å². The minimum Gasteiger partial charge on any atom is -0.480 e. The smallest absolute Gasteiger partial charge is 0.328 e. The first-order valence-corrected chi connectivity index (χ1v) is 7.94. The van der Waals surface area contributed by atoms with Crippen LogP contribution < -0.4 is 5.32 Å². The molecule has 1 saturated carbocycles. The van der Waals surface area contributed by atoms with Crippen LogP contribution in [0.2, 0.25) is 5.02 Å². The standard InChI is InChI=1S/C16H15ClN2O6/c1-6-18-13-10(17)2-7(3-12(13)25-6)14(21)8-4-9(8)15(22)19-11(5-20)16(23)24/h2-3,8-9,11,20H,4-5H2,1H3,(H,19,22)(H,23,24)/t8-,9-,11-/m0/s1. The molecule has 25 heavy (non-hydrogen) atoms. The van der Waals surface area contributed by atoms with Crippen LogP contribution in [-0.4, -0.2) is 45.5 Å². The number of nitrogens with zero attached hydrogens (tertiary/aromatic N) is 1. The Morgan fingerprint density at radius 1 is 1.40 bits per heavy atom. The van der Waals surface area contributed by atoms with Crippen LogP contribution in [0.25, 0.3) is 11.1 Å². The maximum absolute atomic E-state index is 12.5. The lowest BCUT2D eigenvalue weighted by atomic mass is 10.1. The molecule has 1 aliphatic rings. The van der Waals surface area contributed by atoms with Gasteiger partial charge in [0.2, 0.25) is 5.91 Å². The number of aromatic nitrogens is 1. The largest absolute Gasteiger partial charge is 0.480 e. The average Bonchev–Trinajstić information content (AvgIpc) is 3.26. The highest BCUT2D eigenvalue weighted by atomic mass is 35.5. The van der Waals surface area contributed by atoms with Gasteiger partial charge in [0, 0.05) is 24.3 Å². The van der Waals surface area contributed by atoms with Crippen molar-refractivity contribution in [3.8, 4) is 0 Å². The van der Waals surface area contributed by atoms with Crippen LogP contribution in [0.1, 0.15) is 22.7 Å². The summed E-state index contributed by atoms with van der Waals surface area (Å²) in [5, 5.41) is 20.3. The van der Waals surface area contributed by atoms with Gasteiger partial charge in [0.15, 0.2) is 17.3 Å². The lowest BCUT2D eigenvalue weighted by molar-refractivity contribution is -0.143. The third-order valence-corrected chi connectivity index (χ3v) is 4.39. The SMILES string of the molecule is Cc1nc2c(Cl)cc(C(=O)[C@H]3C[C@@H]3C(=O)N[C@@H](CO)C(=O)O)cc2o1. The fourth-order valence-electron chi connectivity index (χ4n) is 2.69. The quantitative estimate of drug-likeness (QED) is 0.654. The average molecular weight is 367 g/mol. The number of Topliss-reactive ketones (excluding diaryl/α,β-unsaturated/α-hetero) is 1. The summed E-state index contributed by atoms with van der Waals surface area (Å²) in [7, 11) is 0. The number of nitrogens with one attached hydrogen (secondary N) is 1. The van der Waals surface area contributed by atoms with E-state index < -0.39 is 36.4 Å². The first kappa shape index (κ1) is 17.4. The van der Waals surface area contributed by atoms with E-state index in [0.29, 0.717) is 29.0 Å². The number of hydrogen-bond donors (Lipinski definition) is 3. The van der Waals surface area contributed by atoms with Crippen molar-refractivity contribution in [1.82, 2.24) is 10.3 Å². The third kappa shape index (κ3) is 3.35. The number of carboxylic acids is 1. The molecule has 132 valence electrons. The molecular formula is C16H15ClN2O6. The second-order valence-corrected chi connectivity index (χ2v) is 6.34. The highest BCUT2D eigenvalue weighted by Gasteiger charge is 2.48. The molecule has 0 spiro atoms. The van der Waals surface area contributed by atoms with E-state index in [4.69, 9.17) is 26.2 Å². The van der Waals surface area contributed by atoms with Crippen LogP contribution in [0.4, 0.5) is 0 Å². The van der Waals surface area contributed by atoms with E-state index in [1.165, 1.54) is 12.1 Å². The van der Waals surface area contributed by atoms with Crippen molar-refractivity contribution >= 4 is 40.4 Å². The number of aliphatic carboxylic acids is 1. The normalized spacial score (nSPS) is 20.3. The first-order chi connectivity index (χ1) is 11.8. The zero-order valence-corrected chi connectivity index (χ0v) is 13.9. The first-order valence-electron chi connectivity index (χ1n) is 7.56. The van der Waals surface area contributed by atoms with E-state index >= 15 is 0 Å². The number of carboxylic acid groups (broad SMARTS) is 1. The van der Waals surface area contributed by atoms with E-state index in [2.05, 4.69) is 10.3 Å². The van der Waals surface area contributed by atoms with Crippen LogP contribution >= 0.6 is 11.6 Å². The number of hydrogen-bond acceptors (Lipinski definition) is 6. The Balaban J connectivity index is 1.73. The van der Waals surface area contributed by atoms with Gasteiger partial charge in [-0.1, -0.05) is 11.6 Å². The van der Waals surface area contributed by atoms with Crippen molar-refractivity contribution in [2.75, 3.05) is 6.61 Å². The molecule has 0 unspecified atom stereocenters. The Morgan fingerprint density at radius 2 is 2.12 bits per heavy atom. The van der Waals surface area contributed by atoms with Crippen molar-refractivity contribution in [2.45, 2.75) is 19.4 Å². The van der Waals surface area contributed by atoms with E-state index in [0.717, 1.165) is 0 Å². The summed E-state index contributed by atoms with van der Waals surface area (Å²) in [6.07, 6.45) is 0.313. The highest BCUT2D eigenvalue weighted by molar-refractivity contribution is 6.35.